The lowest BCUT2D eigenvalue weighted by atomic mass is 10.00. The first kappa shape index (κ1) is 14.5. The fourth-order valence-electron chi connectivity index (χ4n) is 2.85. The third-order valence-electron chi connectivity index (χ3n) is 4.07. The van der Waals surface area contributed by atoms with Gasteiger partial charge in [0.15, 0.2) is 0 Å². The molecule has 0 amide bonds. The van der Waals surface area contributed by atoms with Crippen LogP contribution in [0.4, 0.5) is 0 Å². The number of rotatable bonds is 5. The number of thioether (sulfide) groups is 1. The first-order valence-corrected chi connectivity index (χ1v) is 8.36. The number of hydrogen-bond acceptors (Lipinski definition) is 3. The van der Waals surface area contributed by atoms with Crippen molar-refractivity contribution in [2.75, 3.05) is 19.4 Å². The van der Waals surface area contributed by atoms with Crippen molar-refractivity contribution in [1.82, 2.24) is 5.32 Å². The van der Waals surface area contributed by atoms with Crippen molar-refractivity contribution in [2.24, 2.45) is 0 Å². The summed E-state index contributed by atoms with van der Waals surface area (Å²) in [5, 5.41) is 3.66. The SMILES string of the molecule is COc1ccccc1[C@@H](C)NCC1CSc2ccccc21. The van der Waals surface area contributed by atoms with E-state index in [-0.39, 0.29) is 0 Å². The molecule has 0 spiro atoms. The summed E-state index contributed by atoms with van der Waals surface area (Å²) in [5.41, 5.74) is 2.71. The number of nitrogens with one attached hydrogen (secondary N) is 1. The maximum Gasteiger partial charge on any atom is 0.123 e. The van der Waals surface area contributed by atoms with Crippen molar-refractivity contribution in [3.05, 3.63) is 59.7 Å². The summed E-state index contributed by atoms with van der Waals surface area (Å²) < 4.78 is 5.45. The van der Waals surface area contributed by atoms with Crippen molar-refractivity contribution >= 4 is 11.8 Å². The summed E-state index contributed by atoms with van der Waals surface area (Å²) in [6.45, 7) is 3.20. The minimum atomic E-state index is 0.291. The molecule has 3 rings (SSSR count). The molecule has 0 aromatic heterocycles. The standard InChI is InChI=1S/C18H21NOS/c1-13(15-7-3-5-9-17(15)20-2)19-11-14-12-21-18-10-6-4-8-16(14)18/h3-10,13-14,19H,11-12H2,1-2H3/t13-,14?/m1/s1. The van der Waals surface area contributed by atoms with E-state index < -0.39 is 0 Å². The van der Waals surface area contributed by atoms with Crippen molar-refractivity contribution in [2.45, 2.75) is 23.8 Å². The van der Waals surface area contributed by atoms with Gasteiger partial charge in [0.2, 0.25) is 0 Å². The van der Waals surface area contributed by atoms with Gasteiger partial charge in [0.1, 0.15) is 5.75 Å². The van der Waals surface area contributed by atoms with Crippen LogP contribution in [0.15, 0.2) is 53.4 Å². The van der Waals surface area contributed by atoms with Crippen LogP contribution in [-0.4, -0.2) is 19.4 Å². The zero-order valence-electron chi connectivity index (χ0n) is 12.5. The summed E-state index contributed by atoms with van der Waals surface area (Å²) in [5.74, 6) is 2.73. The fraction of sp³-hybridized carbons (Fsp3) is 0.333. The molecular formula is C18H21NOS. The molecule has 3 heteroatoms. The Morgan fingerprint density at radius 1 is 1.19 bits per heavy atom. The summed E-state index contributed by atoms with van der Waals surface area (Å²) in [7, 11) is 1.73. The molecule has 0 bridgehead atoms. The highest BCUT2D eigenvalue weighted by Crippen LogP contribution is 2.39. The maximum absolute atomic E-state index is 5.45. The Hall–Kier alpha value is -1.45. The van der Waals surface area contributed by atoms with Crippen LogP contribution in [-0.2, 0) is 0 Å². The van der Waals surface area contributed by atoms with Crippen molar-refractivity contribution in [3.8, 4) is 5.75 Å². The largest absolute Gasteiger partial charge is 0.496 e. The smallest absolute Gasteiger partial charge is 0.123 e. The topological polar surface area (TPSA) is 21.3 Å². The molecule has 2 aromatic carbocycles. The number of fused-ring (bicyclic) bond motifs is 1. The third kappa shape index (κ3) is 3.09. The Morgan fingerprint density at radius 3 is 2.81 bits per heavy atom. The zero-order valence-corrected chi connectivity index (χ0v) is 13.3. The molecule has 0 aliphatic carbocycles. The van der Waals surface area contributed by atoms with E-state index in [0.29, 0.717) is 12.0 Å². The lowest BCUT2D eigenvalue weighted by Crippen LogP contribution is -2.25. The molecule has 1 aliphatic heterocycles. The first-order valence-electron chi connectivity index (χ1n) is 7.37. The van der Waals surface area contributed by atoms with E-state index in [4.69, 9.17) is 4.74 Å². The highest BCUT2D eigenvalue weighted by molar-refractivity contribution is 7.99. The fourth-order valence-corrected chi connectivity index (χ4v) is 4.11. The minimum Gasteiger partial charge on any atom is -0.496 e. The molecule has 1 heterocycles. The van der Waals surface area contributed by atoms with Crippen molar-refractivity contribution in [3.63, 3.8) is 0 Å². The quantitative estimate of drug-likeness (QED) is 0.892. The van der Waals surface area contributed by atoms with Gasteiger partial charge in [-0.3, -0.25) is 0 Å². The van der Waals surface area contributed by atoms with Gasteiger partial charge in [-0.15, -0.1) is 11.8 Å². The van der Waals surface area contributed by atoms with Crippen LogP contribution < -0.4 is 10.1 Å². The number of para-hydroxylation sites is 1. The van der Waals surface area contributed by atoms with E-state index in [2.05, 4.69) is 48.6 Å². The van der Waals surface area contributed by atoms with Gasteiger partial charge in [-0.25, -0.2) is 0 Å². The average molecular weight is 299 g/mol. The van der Waals surface area contributed by atoms with E-state index in [0.717, 1.165) is 12.3 Å². The Labute approximate surface area is 130 Å². The van der Waals surface area contributed by atoms with Gasteiger partial charge < -0.3 is 10.1 Å². The van der Waals surface area contributed by atoms with E-state index in [1.807, 2.05) is 23.9 Å². The third-order valence-corrected chi connectivity index (χ3v) is 5.33. The maximum atomic E-state index is 5.45. The molecule has 0 fully saturated rings. The van der Waals surface area contributed by atoms with Gasteiger partial charge >= 0.3 is 0 Å². The average Bonchev–Trinajstić information content (AvgIpc) is 2.96. The molecule has 2 aromatic rings. The molecule has 1 N–H and O–H groups in total. The first-order chi connectivity index (χ1) is 10.3. The van der Waals surface area contributed by atoms with Crippen LogP contribution in [0.25, 0.3) is 0 Å². The van der Waals surface area contributed by atoms with Crippen LogP contribution >= 0.6 is 11.8 Å². The van der Waals surface area contributed by atoms with Crippen molar-refractivity contribution < 1.29 is 4.74 Å². The second-order valence-electron chi connectivity index (χ2n) is 5.42. The lowest BCUT2D eigenvalue weighted by molar-refractivity contribution is 0.401. The Kier molecular flexibility index (Phi) is 4.51. The molecule has 1 unspecified atom stereocenters. The molecule has 2 nitrogen and oxygen atoms in total. The molecular weight excluding hydrogens is 278 g/mol. The van der Waals surface area contributed by atoms with Crippen LogP contribution in [0.3, 0.4) is 0 Å². The number of methoxy groups -OCH3 is 1. The van der Waals surface area contributed by atoms with Gasteiger partial charge in [0.25, 0.3) is 0 Å². The Morgan fingerprint density at radius 2 is 1.95 bits per heavy atom. The molecule has 0 saturated heterocycles. The highest BCUT2D eigenvalue weighted by atomic mass is 32.2. The van der Waals surface area contributed by atoms with E-state index in [9.17, 15) is 0 Å². The van der Waals surface area contributed by atoms with Gasteiger partial charge in [0.05, 0.1) is 7.11 Å². The predicted octanol–water partition coefficient (Wildman–Crippen LogP) is 4.24. The van der Waals surface area contributed by atoms with Gasteiger partial charge in [0, 0.05) is 34.7 Å². The monoisotopic (exact) mass is 299 g/mol. The second-order valence-corrected chi connectivity index (χ2v) is 6.48. The summed E-state index contributed by atoms with van der Waals surface area (Å²) in [6.07, 6.45) is 0. The molecule has 0 saturated carbocycles. The van der Waals surface area contributed by atoms with Crippen molar-refractivity contribution in [1.29, 1.82) is 0 Å². The molecule has 1 aliphatic rings. The molecule has 2 atom stereocenters. The molecule has 0 radical (unpaired) electrons. The van der Waals surface area contributed by atoms with Gasteiger partial charge in [-0.1, -0.05) is 36.4 Å². The van der Waals surface area contributed by atoms with Gasteiger partial charge in [-0.05, 0) is 24.6 Å². The number of ether oxygens (including phenoxy) is 1. The summed E-state index contributed by atoms with van der Waals surface area (Å²) in [4.78, 5) is 1.44. The lowest BCUT2D eigenvalue weighted by Gasteiger charge is -2.20. The van der Waals surface area contributed by atoms with Crippen LogP contribution in [0.2, 0.25) is 0 Å². The van der Waals surface area contributed by atoms with E-state index in [1.54, 1.807) is 7.11 Å². The van der Waals surface area contributed by atoms with Crippen LogP contribution in [0.1, 0.15) is 30.0 Å². The van der Waals surface area contributed by atoms with E-state index >= 15 is 0 Å². The Bertz CT molecular complexity index is 614. The number of hydrogen-bond donors (Lipinski definition) is 1. The van der Waals surface area contributed by atoms with E-state index in [1.165, 1.54) is 21.8 Å². The molecule has 110 valence electrons. The Balaban J connectivity index is 1.66. The second kappa shape index (κ2) is 6.54. The normalized spacial score (nSPS) is 18.3. The van der Waals surface area contributed by atoms with Crippen LogP contribution in [0, 0.1) is 0 Å². The van der Waals surface area contributed by atoms with Gasteiger partial charge in [-0.2, -0.15) is 0 Å². The number of benzene rings is 2. The zero-order chi connectivity index (χ0) is 14.7. The minimum absolute atomic E-state index is 0.291. The van der Waals surface area contributed by atoms with Crippen LogP contribution in [0.5, 0.6) is 5.75 Å². The predicted molar refractivity (Wildman–Crippen MR) is 89.3 cm³/mol. The summed E-state index contributed by atoms with van der Waals surface area (Å²) in [6, 6.07) is 17.3. The highest BCUT2D eigenvalue weighted by Gasteiger charge is 2.23. The molecule has 21 heavy (non-hydrogen) atoms. The summed E-state index contributed by atoms with van der Waals surface area (Å²) >= 11 is 1.97.